The van der Waals surface area contributed by atoms with E-state index in [4.69, 9.17) is 11.6 Å². The predicted molar refractivity (Wildman–Crippen MR) is 75.7 cm³/mol. The van der Waals surface area contributed by atoms with Crippen LogP contribution in [0.15, 0.2) is 24.3 Å². The molecule has 1 nitrogen and oxygen atoms in total. The summed E-state index contributed by atoms with van der Waals surface area (Å²) in [6, 6.07) is 6.94. The van der Waals surface area contributed by atoms with Crippen molar-refractivity contribution in [2.24, 2.45) is 0 Å². The largest absolute Gasteiger partial charge is 0.308 e. The summed E-state index contributed by atoms with van der Waals surface area (Å²) in [6.45, 7) is 5.50. The Labute approximate surface area is 116 Å². The molecule has 2 aromatic rings. The van der Waals surface area contributed by atoms with Gasteiger partial charge in [0.1, 0.15) is 5.82 Å². The summed E-state index contributed by atoms with van der Waals surface area (Å²) in [7, 11) is 0. The number of hydrogen-bond acceptors (Lipinski definition) is 2. The average molecular weight is 284 g/mol. The molecule has 0 aliphatic rings. The van der Waals surface area contributed by atoms with E-state index >= 15 is 0 Å². The van der Waals surface area contributed by atoms with E-state index in [1.807, 2.05) is 0 Å². The number of nitrogens with one attached hydrogen (secondary N) is 1. The molecule has 0 radical (unpaired) electrons. The quantitative estimate of drug-likeness (QED) is 0.874. The summed E-state index contributed by atoms with van der Waals surface area (Å²) in [6.07, 6.45) is 0. The van der Waals surface area contributed by atoms with E-state index in [9.17, 15) is 4.39 Å². The zero-order valence-electron chi connectivity index (χ0n) is 10.4. The number of rotatable bonds is 4. The average Bonchev–Trinajstić information content (AvgIpc) is 2.61. The standard InChI is InChI=1S/C14H15ClFNS/c1-9-5-13(18-10(9)2)8-17-7-11-3-4-12(15)6-14(11)16/h3-6,17H,7-8H2,1-2H3. The van der Waals surface area contributed by atoms with Crippen LogP contribution in [0.3, 0.4) is 0 Å². The molecule has 0 saturated carbocycles. The molecule has 0 saturated heterocycles. The highest BCUT2D eigenvalue weighted by molar-refractivity contribution is 7.12. The third-order valence-electron chi connectivity index (χ3n) is 2.85. The summed E-state index contributed by atoms with van der Waals surface area (Å²) in [5.41, 5.74) is 1.96. The van der Waals surface area contributed by atoms with Gasteiger partial charge >= 0.3 is 0 Å². The van der Waals surface area contributed by atoms with E-state index in [2.05, 4.69) is 25.2 Å². The van der Waals surface area contributed by atoms with E-state index in [-0.39, 0.29) is 5.82 Å². The van der Waals surface area contributed by atoms with Crippen LogP contribution in [0.1, 0.15) is 20.9 Å². The van der Waals surface area contributed by atoms with E-state index in [1.54, 1.807) is 23.5 Å². The Bertz CT molecular complexity index is 531. The molecule has 0 spiro atoms. The van der Waals surface area contributed by atoms with Crippen LogP contribution in [-0.4, -0.2) is 0 Å². The van der Waals surface area contributed by atoms with Crippen molar-refractivity contribution in [3.8, 4) is 0 Å². The van der Waals surface area contributed by atoms with Gasteiger partial charge in [0.2, 0.25) is 0 Å². The molecule has 0 atom stereocenters. The summed E-state index contributed by atoms with van der Waals surface area (Å²) in [5.74, 6) is -0.256. The molecule has 0 aliphatic carbocycles. The summed E-state index contributed by atoms with van der Waals surface area (Å²) in [4.78, 5) is 2.61. The molecule has 1 aromatic heterocycles. The van der Waals surface area contributed by atoms with Crippen molar-refractivity contribution in [2.75, 3.05) is 0 Å². The van der Waals surface area contributed by atoms with Gasteiger partial charge in [-0.2, -0.15) is 0 Å². The molecule has 0 aliphatic heterocycles. The minimum atomic E-state index is -0.256. The van der Waals surface area contributed by atoms with Gasteiger partial charge in [0.15, 0.2) is 0 Å². The van der Waals surface area contributed by atoms with Crippen LogP contribution in [0, 0.1) is 19.7 Å². The zero-order chi connectivity index (χ0) is 13.1. The number of thiophene rings is 1. The normalized spacial score (nSPS) is 10.9. The van der Waals surface area contributed by atoms with Crippen molar-refractivity contribution >= 4 is 22.9 Å². The van der Waals surface area contributed by atoms with E-state index in [1.165, 1.54) is 21.4 Å². The van der Waals surface area contributed by atoms with Crippen LogP contribution in [0.4, 0.5) is 4.39 Å². The lowest BCUT2D eigenvalue weighted by Gasteiger charge is -2.05. The smallest absolute Gasteiger partial charge is 0.129 e. The maximum absolute atomic E-state index is 13.5. The van der Waals surface area contributed by atoms with Crippen molar-refractivity contribution in [3.05, 3.63) is 56.0 Å². The summed E-state index contributed by atoms with van der Waals surface area (Å²) in [5, 5.41) is 3.68. The van der Waals surface area contributed by atoms with Crippen molar-refractivity contribution in [2.45, 2.75) is 26.9 Å². The van der Waals surface area contributed by atoms with Gasteiger partial charge in [-0.1, -0.05) is 17.7 Å². The van der Waals surface area contributed by atoms with Gasteiger partial charge in [-0.25, -0.2) is 4.39 Å². The Balaban J connectivity index is 1.92. The fourth-order valence-electron chi connectivity index (χ4n) is 1.72. The topological polar surface area (TPSA) is 12.0 Å². The van der Waals surface area contributed by atoms with Crippen LogP contribution in [0.5, 0.6) is 0 Å². The molecule has 4 heteroatoms. The number of halogens is 2. The third kappa shape index (κ3) is 3.31. The lowest BCUT2D eigenvalue weighted by molar-refractivity contribution is 0.589. The second-order valence-corrected chi connectivity index (χ2v) is 6.07. The number of aryl methyl sites for hydroxylation is 2. The molecule has 18 heavy (non-hydrogen) atoms. The van der Waals surface area contributed by atoms with Crippen LogP contribution in [0.2, 0.25) is 5.02 Å². The van der Waals surface area contributed by atoms with Crippen molar-refractivity contribution in [1.82, 2.24) is 5.32 Å². The van der Waals surface area contributed by atoms with E-state index < -0.39 is 0 Å². The number of benzene rings is 1. The molecule has 0 amide bonds. The molecule has 1 N–H and O–H groups in total. The summed E-state index contributed by atoms with van der Waals surface area (Å²) >= 11 is 7.49. The first-order valence-electron chi connectivity index (χ1n) is 5.77. The lowest BCUT2D eigenvalue weighted by atomic mass is 10.2. The van der Waals surface area contributed by atoms with Crippen LogP contribution in [-0.2, 0) is 13.1 Å². The van der Waals surface area contributed by atoms with Gasteiger partial charge in [0.25, 0.3) is 0 Å². The third-order valence-corrected chi connectivity index (χ3v) is 4.23. The molecule has 1 aromatic carbocycles. The van der Waals surface area contributed by atoms with Gasteiger partial charge in [0, 0.05) is 33.4 Å². The fourth-order valence-corrected chi connectivity index (χ4v) is 2.90. The van der Waals surface area contributed by atoms with Crippen LogP contribution < -0.4 is 5.32 Å². The summed E-state index contributed by atoms with van der Waals surface area (Å²) < 4.78 is 13.5. The van der Waals surface area contributed by atoms with Crippen molar-refractivity contribution in [3.63, 3.8) is 0 Å². The zero-order valence-corrected chi connectivity index (χ0v) is 12.0. The Kier molecular flexibility index (Phi) is 4.38. The monoisotopic (exact) mass is 283 g/mol. The second-order valence-electron chi connectivity index (χ2n) is 4.29. The van der Waals surface area contributed by atoms with Crippen molar-refractivity contribution in [1.29, 1.82) is 0 Å². The van der Waals surface area contributed by atoms with Crippen LogP contribution >= 0.6 is 22.9 Å². The fraction of sp³-hybridized carbons (Fsp3) is 0.286. The van der Waals surface area contributed by atoms with Crippen LogP contribution in [0.25, 0.3) is 0 Å². The maximum atomic E-state index is 13.5. The molecule has 0 unspecified atom stereocenters. The molecule has 96 valence electrons. The Morgan fingerprint density at radius 1 is 1.22 bits per heavy atom. The highest BCUT2D eigenvalue weighted by atomic mass is 35.5. The van der Waals surface area contributed by atoms with E-state index in [0.29, 0.717) is 17.1 Å². The Morgan fingerprint density at radius 2 is 2.00 bits per heavy atom. The first-order valence-corrected chi connectivity index (χ1v) is 6.96. The maximum Gasteiger partial charge on any atom is 0.129 e. The van der Waals surface area contributed by atoms with Gasteiger partial charge in [0.05, 0.1) is 0 Å². The van der Waals surface area contributed by atoms with E-state index in [0.717, 1.165) is 6.54 Å². The van der Waals surface area contributed by atoms with Crippen molar-refractivity contribution < 1.29 is 4.39 Å². The van der Waals surface area contributed by atoms with Gasteiger partial charge in [-0.15, -0.1) is 11.3 Å². The first kappa shape index (κ1) is 13.5. The number of hydrogen-bond donors (Lipinski definition) is 1. The second kappa shape index (κ2) is 5.83. The predicted octanol–water partition coefficient (Wildman–Crippen LogP) is 4.45. The Morgan fingerprint density at radius 3 is 2.61 bits per heavy atom. The Hall–Kier alpha value is -0.900. The molecule has 0 bridgehead atoms. The minimum absolute atomic E-state index is 0.256. The molecule has 1 heterocycles. The highest BCUT2D eigenvalue weighted by Crippen LogP contribution is 2.20. The van der Waals surface area contributed by atoms with Gasteiger partial charge in [-0.3, -0.25) is 0 Å². The SMILES string of the molecule is Cc1cc(CNCc2ccc(Cl)cc2F)sc1C. The molecular weight excluding hydrogens is 269 g/mol. The minimum Gasteiger partial charge on any atom is -0.308 e. The molecular formula is C14H15ClFNS. The first-order chi connectivity index (χ1) is 8.56. The highest BCUT2D eigenvalue weighted by Gasteiger charge is 2.04. The molecule has 2 rings (SSSR count). The van der Waals surface area contributed by atoms with Gasteiger partial charge in [-0.05, 0) is 37.6 Å². The lowest BCUT2D eigenvalue weighted by Crippen LogP contribution is -2.12. The molecule has 0 fully saturated rings. The van der Waals surface area contributed by atoms with Gasteiger partial charge < -0.3 is 5.32 Å².